The van der Waals surface area contributed by atoms with Crippen molar-refractivity contribution in [3.63, 3.8) is 0 Å². The molecular formula is C9H16B2NO3. The van der Waals surface area contributed by atoms with E-state index >= 15 is 0 Å². The topological polar surface area (TPSA) is 64.7 Å². The van der Waals surface area contributed by atoms with Crippen LogP contribution < -0.4 is 5.90 Å². The summed E-state index contributed by atoms with van der Waals surface area (Å²) in [5.74, 6) is 5.64. The van der Waals surface area contributed by atoms with Crippen LogP contribution in [0.2, 0.25) is 0 Å². The Hall–Kier alpha value is -0.550. The van der Waals surface area contributed by atoms with Crippen LogP contribution in [-0.2, 0) is 9.56 Å². The number of hydrogen-bond donors (Lipinski definition) is 2. The minimum absolute atomic E-state index is 0.680. The molecule has 15 heavy (non-hydrogen) atoms. The number of hydrogen-bond acceptors (Lipinski definition) is 4. The molecule has 0 aliphatic carbocycles. The standard InChI is InChI=1S/C9H16B2NO3/c1-7(2)3-4-8-5-6-9(10-8)11(14-12)15-13/h5-7,13H,3-4,12H2,1-2H3. The molecule has 0 aromatic rings. The van der Waals surface area contributed by atoms with Crippen LogP contribution in [0.5, 0.6) is 0 Å². The molecule has 1 rings (SSSR count). The van der Waals surface area contributed by atoms with Crippen LogP contribution in [0, 0.1) is 5.92 Å². The molecular weight excluding hydrogens is 192 g/mol. The maximum absolute atomic E-state index is 8.50. The van der Waals surface area contributed by atoms with Gasteiger partial charge in [-0.05, 0) is 18.8 Å². The molecule has 0 amide bonds. The van der Waals surface area contributed by atoms with E-state index < -0.39 is 7.12 Å². The highest BCUT2D eigenvalue weighted by Gasteiger charge is 2.27. The molecule has 0 aromatic heterocycles. The summed E-state index contributed by atoms with van der Waals surface area (Å²) in [5.41, 5.74) is 1.21. The average Bonchev–Trinajstić information content (AvgIpc) is 2.65. The lowest BCUT2D eigenvalue weighted by Crippen LogP contribution is -2.30. The molecule has 4 nitrogen and oxygen atoms in total. The number of allylic oxidation sites excluding steroid dienone is 3. The van der Waals surface area contributed by atoms with Crippen molar-refractivity contribution in [2.75, 3.05) is 0 Å². The molecule has 1 heterocycles. The summed E-state index contributed by atoms with van der Waals surface area (Å²) in [6.07, 6.45) is 5.98. The SMILES string of the molecule is CC(C)CCC1=CC=C(B(ON)OO)[B]1. The van der Waals surface area contributed by atoms with Gasteiger partial charge in [0.25, 0.3) is 0 Å². The van der Waals surface area contributed by atoms with Gasteiger partial charge in [-0.15, -0.1) is 5.47 Å². The third-order valence-corrected chi connectivity index (χ3v) is 2.34. The Labute approximate surface area is 91.4 Å². The highest BCUT2D eigenvalue weighted by atomic mass is 17.1. The van der Waals surface area contributed by atoms with Crippen LogP contribution in [0.25, 0.3) is 0 Å². The zero-order chi connectivity index (χ0) is 11.3. The molecule has 0 bridgehead atoms. The van der Waals surface area contributed by atoms with Gasteiger partial charge >= 0.3 is 7.12 Å². The van der Waals surface area contributed by atoms with Gasteiger partial charge in [0.05, 0.1) is 0 Å². The van der Waals surface area contributed by atoms with E-state index in [2.05, 4.69) is 23.4 Å². The molecule has 0 aromatic carbocycles. The predicted molar refractivity (Wildman–Crippen MR) is 60.7 cm³/mol. The van der Waals surface area contributed by atoms with Crippen molar-refractivity contribution in [2.45, 2.75) is 26.7 Å². The highest BCUT2D eigenvalue weighted by molar-refractivity contribution is 6.77. The third-order valence-electron chi connectivity index (χ3n) is 2.34. The normalized spacial score (nSPS) is 15.0. The van der Waals surface area contributed by atoms with Gasteiger partial charge in [0.2, 0.25) is 0 Å². The zero-order valence-electron chi connectivity index (χ0n) is 9.14. The summed E-state index contributed by atoms with van der Waals surface area (Å²) in [6.45, 7) is 4.37. The van der Waals surface area contributed by atoms with Crippen molar-refractivity contribution < 1.29 is 14.8 Å². The Kier molecular flexibility index (Phi) is 5.11. The maximum Gasteiger partial charge on any atom is 0.528 e. The van der Waals surface area contributed by atoms with Crippen molar-refractivity contribution in [2.24, 2.45) is 11.8 Å². The number of rotatable bonds is 6. The molecule has 1 radical (unpaired) electrons. The lowest BCUT2D eigenvalue weighted by molar-refractivity contribution is -0.159. The molecule has 0 unspecified atom stereocenters. The van der Waals surface area contributed by atoms with E-state index in [0.717, 1.165) is 18.2 Å². The predicted octanol–water partition coefficient (Wildman–Crippen LogP) is 1.32. The minimum Gasteiger partial charge on any atom is -0.324 e. The second-order valence-corrected chi connectivity index (χ2v) is 4.06. The fourth-order valence-corrected chi connectivity index (χ4v) is 1.44. The Bertz CT molecular complexity index is 262. The van der Waals surface area contributed by atoms with Crippen LogP contribution in [-0.4, -0.2) is 19.7 Å². The lowest BCUT2D eigenvalue weighted by Gasteiger charge is -2.08. The first-order valence-electron chi connectivity index (χ1n) is 5.08. The Morgan fingerprint density at radius 3 is 2.80 bits per heavy atom. The molecule has 0 saturated carbocycles. The average molecular weight is 208 g/mol. The van der Waals surface area contributed by atoms with Gasteiger partial charge in [0.15, 0.2) is 7.28 Å². The van der Waals surface area contributed by atoms with E-state index in [1.807, 2.05) is 19.4 Å². The summed E-state index contributed by atoms with van der Waals surface area (Å²) >= 11 is 0. The van der Waals surface area contributed by atoms with E-state index in [1.54, 1.807) is 0 Å². The molecule has 1 aliphatic rings. The molecule has 0 fully saturated rings. The molecule has 3 N–H and O–H groups in total. The Morgan fingerprint density at radius 2 is 2.27 bits per heavy atom. The first-order chi connectivity index (χ1) is 7.17. The van der Waals surface area contributed by atoms with Gasteiger partial charge in [0, 0.05) is 0 Å². The molecule has 81 valence electrons. The van der Waals surface area contributed by atoms with Gasteiger partial charge in [-0.2, -0.15) is 0 Å². The number of nitrogens with two attached hydrogens (primary N) is 1. The second-order valence-electron chi connectivity index (χ2n) is 4.06. The summed E-state index contributed by atoms with van der Waals surface area (Å²) in [5, 5.41) is 9.24. The van der Waals surface area contributed by atoms with Gasteiger partial charge in [0.1, 0.15) is 0 Å². The zero-order valence-corrected chi connectivity index (χ0v) is 9.14. The third kappa shape index (κ3) is 3.83. The van der Waals surface area contributed by atoms with E-state index in [4.69, 9.17) is 11.2 Å². The van der Waals surface area contributed by atoms with Crippen molar-refractivity contribution in [3.8, 4) is 0 Å². The summed E-state index contributed by atoms with van der Waals surface area (Å²) in [6, 6.07) is 0. The quantitative estimate of drug-likeness (QED) is 0.392. The Balaban J connectivity index is 2.35. The van der Waals surface area contributed by atoms with Gasteiger partial charge in [-0.25, -0.2) is 5.90 Å². The summed E-state index contributed by atoms with van der Waals surface area (Å²) in [7, 11) is 1.04. The second kappa shape index (κ2) is 6.12. The molecule has 1 aliphatic heterocycles. The molecule has 6 heteroatoms. The largest absolute Gasteiger partial charge is 0.528 e. The van der Waals surface area contributed by atoms with Gasteiger partial charge < -0.3 is 4.76 Å². The van der Waals surface area contributed by atoms with Gasteiger partial charge in [-0.3, -0.25) is 10.1 Å². The van der Waals surface area contributed by atoms with Crippen molar-refractivity contribution in [1.82, 2.24) is 0 Å². The molecule has 0 spiro atoms. The fraction of sp³-hybridized carbons (Fsp3) is 0.556. The van der Waals surface area contributed by atoms with Crippen LogP contribution in [0.4, 0.5) is 0 Å². The maximum atomic E-state index is 8.50. The van der Waals surface area contributed by atoms with Crippen molar-refractivity contribution >= 4 is 14.4 Å². The van der Waals surface area contributed by atoms with Crippen LogP contribution >= 0.6 is 0 Å². The van der Waals surface area contributed by atoms with Crippen LogP contribution in [0.3, 0.4) is 0 Å². The van der Waals surface area contributed by atoms with Crippen molar-refractivity contribution in [3.05, 3.63) is 23.0 Å². The van der Waals surface area contributed by atoms with E-state index in [-0.39, 0.29) is 0 Å². The smallest absolute Gasteiger partial charge is 0.324 e. The Morgan fingerprint density at radius 1 is 1.53 bits per heavy atom. The summed E-state index contributed by atoms with van der Waals surface area (Å²) in [4.78, 5) is 4.08. The first-order valence-corrected chi connectivity index (χ1v) is 5.08. The minimum atomic E-state index is -0.891. The van der Waals surface area contributed by atoms with Crippen molar-refractivity contribution in [1.29, 1.82) is 0 Å². The monoisotopic (exact) mass is 208 g/mol. The summed E-state index contributed by atoms with van der Waals surface area (Å²) < 4.78 is 4.45. The molecule has 0 atom stereocenters. The van der Waals surface area contributed by atoms with Crippen LogP contribution in [0.1, 0.15) is 26.7 Å². The van der Waals surface area contributed by atoms with Gasteiger partial charge in [-0.1, -0.05) is 31.4 Å². The fourth-order valence-electron chi connectivity index (χ4n) is 1.44. The van der Waals surface area contributed by atoms with E-state index in [1.165, 1.54) is 5.47 Å². The van der Waals surface area contributed by atoms with E-state index in [9.17, 15) is 0 Å². The first kappa shape index (κ1) is 12.5. The molecule has 0 saturated heterocycles. The highest BCUT2D eigenvalue weighted by Crippen LogP contribution is 2.19. The lowest BCUT2D eigenvalue weighted by atomic mass is 9.52. The van der Waals surface area contributed by atoms with E-state index in [0.29, 0.717) is 5.92 Å². The van der Waals surface area contributed by atoms with Crippen LogP contribution in [0.15, 0.2) is 23.0 Å².